The van der Waals surface area contributed by atoms with E-state index in [1.807, 2.05) is 41.3 Å². The highest BCUT2D eigenvalue weighted by Gasteiger charge is 2.36. The molecule has 6 nitrogen and oxygen atoms in total. The van der Waals surface area contributed by atoms with Crippen molar-refractivity contribution in [1.29, 1.82) is 0 Å². The summed E-state index contributed by atoms with van der Waals surface area (Å²) in [6.45, 7) is 1.28. The molecule has 7 heteroatoms. The minimum absolute atomic E-state index is 0.00321. The summed E-state index contributed by atoms with van der Waals surface area (Å²) in [6.07, 6.45) is 1.70. The predicted octanol–water partition coefficient (Wildman–Crippen LogP) is 4.21. The molecule has 2 aromatic carbocycles. The van der Waals surface area contributed by atoms with Crippen LogP contribution in [0.4, 0.5) is 5.69 Å². The second kappa shape index (κ2) is 8.01. The van der Waals surface area contributed by atoms with Gasteiger partial charge in [-0.2, -0.15) is 0 Å². The van der Waals surface area contributed by atoms with E-state index in [1.54, 1.807) is 14.2 Å². The van der Waals surface area contributed by atoms with Crippen molar-refractivity contribution in [2.75, 3.05) is 32.7 Å². The number of nitrogens with zero attached hydrogens (tertiary/aromatic N) is 1. The standard InChI is InChI=1S/C21H23BrN2O4/c1-26-18-10-15(16(22)11-19(18)27-2)20-23-17-8-4-3-7-14(17)21(25)24(20)12-13-6-5-9-28-13/h3-4,7-8,10-11,13,20,23H,5-6,9,12H2,1-2H3/t13-,20+/m1/s1. The van der Waals surface area contributed by atoms with E-state index in [0.717, 1.165) is 35.2 Å². The van der Waals surface area contributed by atoms with Gasteiger partial charge in [-0.3, -0.25) is 4.79 Å². The van der Waals surface area contributed by atoms with Gasteiger partial charge in [0.15, 0.2) is 11.5 Å². The number of anilines is 1. The van der Waals surface area contributed by atoms with Gasteiger partial charge in [0.2, 0.25) is 0 Å². The highest BCUT2D eigenvalue weighted by molar-refractivity contribution is 9.10. The molecule has 0 saturated carbocycles. The first kappa shape index (κ1) is 19.1. The quantitative estimate of drug-likeness (QED) is 0.744. The van der Waals surface area contributed by atoms with Crippen molar-refractivity contribution in [3.8, 4) is 11.5 Å². The number of halogens is 1. The molecule has 2 atom stereocenters. The number of ether oxygens (including phenoxy) is 3. The van der Waals surface area contributed by atoms with Crippen LogP contribution >= 0.6 is 15.9 Å². The van der Waals surface area contributed by atoms with Gasteiger partial charge in [-0.25, -0.2) is 0 Å². The molecule has 0 radical (unpaired) electrons. The maximum Gasteiger partial charge on any atom is 0.257 e. The molecule has 2 aliphatic heterocycles. The summed E-state index contributed by atoms with van der Waals surface area (Å²) in [6, 6.07) is 11.4. The van der Waals surface area contributed by atoms with E-state index in [9.17, 15) is 4.79 Å². The molecule has 1 fully saturated rings. The van der Waals surface area contributed by atoms with Gasteiger partial charge in [0.25, 0.3) is 5.91 Å². The Kier molecular flexibility index (Phi) is 5.46. The fraction of sp³-hybridized carbons (Fsp3) is 0.381. The van der Waals surface area contributed by atoms with Crippen LogP contribution in [0.3, 0.4) is 0 Å². The summed E-state index contributed by atoms with van der Waals surface area (Å²) in [5.41, 5.74) is 2.40. The number of nitrogens with one attached hydrogen (secondary N) is 1. The Hall–Kier alpha value is -2.25. The van der Waals surface area contributed by atoms with Crippen molar-refractivity contribution in [1.82, 2.24) is 4.90 Å². The molecule has 0 bridgehead atoms. The highest BCUT2D eigenvalue weighted by atomic mass is 79.9. The van der Waals surface area contributed by atoms with Gasteiger partial charge in [-0.05, 0) is 37.1 Å². The number of carbonyl (C=O) groups is 1. The maximum atomic E-state index is 13.3. The van der Waals surface area contributed by atoms with Crippen molar-refractivity contribution < 1.29 is 19.0 Å². The van der Waals surface area contributed by atoms with E-state index in [-0.39, 0.29) is 18.2 Å². The Morgan fingerprint density at radius 3 is 2.68 bits per heavy atom. The zero-order valence-corrected chi connectivity index (χ0v) is 17.5. The van der Waals surface area contributed by atoms with Crippen LogP contribution in [0.1, 0.15) is 34.9 Å². The first-order valence-electron chi connectivity index (χ1n) is 9.32. The molecular formula is C21H23BrN2O4. The first-order valence-corrected chi connectivity index (χ1v) is 10.1. The maximum absolute atomic E-state index is 13.3. The van der Waals surface area contributed by atoms with Crippen LogP contribution in [0.15, 0.2) is 40.9 Å². The SMILES string of the molecule is COc1cc(Br)c([C@H]2Nc3ccccc3C(=O)N2C[C@H]2CCCO2)cc1OC. The lowest BCUT2D eigenvalue weighted by Gasteiger charge is -2.39. The normalized spacial score (nSPS) is 21.2. The molecule has 0 aromatic heterocycles. The van der Waals surface area contributed by atoms with Crippen LogP contribution in [0.25, 0.3) is 0 Å². The lowest BCUT2D eigenvalue weighted by molar-refractivity contribution is 0.0426. The number of methoxy groups -OCH3 is 2. The smallest absolute Gasteiger partial charge is 0.257 e. The van der Waals surface area contributed by atoms with Gasteiger partial charge in [0.1, 0.15) is 6.17 Å². The van der Waals surface area contributed by atoms with Crippen LogP contribution in [-0.4, -0.2) is 44.3 Å². The third kappa shape index (κ3) is 3.44. The largest absolute Gasteiger partial charge is 0.493 e. The number of hydrogen-bond acceptors (Lipinski definition) is 5. The van der Waals surface area contributed by atoms with Crippen LogP contribution in [-0.2, 0) is 4.74 Å². The minimum atomic E-state index is -0.346. The van der Waals surface area contributed by atoms with Gasteiger partial charge >= 0.3 is 0 Å². The summed E-state index contributed by atoms with van der Waals surface area (Å²) in [4.78, 5) is 15.2. The third-order valence-electron chi connectivity index (χ3n) is 5.24. The molecule has 4 rings (SSSR count). The summed E-state index contributed by atoms with van der Waals surface area (Å²) in [5, 5.41) is 3.52. The number of rotatable bonds is 5. The van der Waals surface area contributed by atoms with Crippen molar-refractivity contribution in [3.63, 3.8) is 0 Å². The van der Waals surface area contributed by atoms with E-state index in [2.05, 4.69) is 21.2 Å². The van der Waals surface area contributed by atoms with Crippen molar-refractivity contribution in [2.24, 2.45) is 0 Å². The zero-order valence-electron chi connectivity index (χ0n) is 15.9. The lowest BCUT2D eigenvalue weighted by Crippen LogP contribution is -2.46. The van der Waals surface area contributed by atoms with E-state index >= 15 is 0 Å². The van der Waals surface area contributed by atoms with Crippen molar-refractivity contribution in [3.05, 3.63) is 52.0 Å². The Labute approximate surface area is 172 Å². The summed E-state index contributed by atoms with van der Waals surface area (Å²) in [5.74, 6) is 1.24. The second-order valence-corrected chi connectivity index (χ2v) is 7.77. The van der Waals surface area contributed by atoms with Crippen LogP contribution in [0, 0.1) is 0 Å². The average molecular weight is 447 g/mol. The molecule has 0 aliphatic carbocycles. The molecule has 28 heavy (non-hydrogen) atoms. The zero-order chi connectivity index (χ0) is 19.7. The Morgan fingerprint density at radius 2 is 1.96 bits per heavy atom. The number of fused-ring (bicyclic) bond motifs is 1. The number of para-hydroxylation sites is 1. The monoisotopic (exact) mass is 446 g/mol. The Balaban J connectivity index is 1.77. The topological polar surface area (TPSA) is 60.0 Å². The van der Waals surface area contributed by atoms with Gasteiger partial charge in [-0.15, -0.1) is 0 Å². The lowest BCUT2D eigenvalue weighted by atomic mass is 10.0. The average Bonchev–Trinajstić information content (AvgIpc) is 3.23. The Morgan fingerprint density at radius 1 is 1.21 bits per heavy atom. The molecule has 2 aliphatic rings. The molecule has 0 spiro atoms. The van der Waals surface area contributed by atoms with Crippen molar-refractivity contribution >= 4 is 27.5 Å². The van der Waals surface area contributed by atoms with Gasteiger partial charge in [-0.1, -0.05) is 28.1 Å². The van der Waals surface area contributed by atoms with E-state index < -0.39 is 0 Å². The van der Waals surface area contributed by atoms with Gasteiger partial charge < -0.3 is 24.4 Å². The van der Waals surface area contributed by atoms with E-state index in [4.69, 9.17) is 14.2 Å². The molecule has 2 heterocycles. The fourth-order valence-electron chi connectivity index (χ4n) is 3.81. The summed E-state index contributed by atoms with van der Waals surface area (Å²) in [7, 11) is 3.21. The summed E-state index contributed by atoms with van der Waals surface area (Å²) < 4.78 is 17.5. The number of hydrogen-bond donors (Lipinski definition) is 1. The first-order chi connectivity index (χ1) is 13.6. The molecule has 1 saturated heterocycles. The van der Waals surface area contributed by atoms with Gasteiger partial charge in [0.05, 0.1) is 25.9 Å². The fourth-order valence-corrected chi connectivity index (χ4v) is 4.35. The predicted molar refractivity (Wildman–Crippen MR) is 110 cm³/mol. The molecule has 1 amide bonds. The van der Waals surface area contributed by atoms with E-state index in [0.29, 0.717) is 23.6 Å². The molecule has 148 valence electrons. The van der Waals surface area contributed by atoms with E-state index in [1.165, 1.54) is 0 Å². The molecule has 1 N–H and O–H groups in total. The molecule has 0 unspecified atom stereocenters. The summed E-state index contributed by atoms with van der Waals surface area (Å²) >= 11 is 3.64. The minimum Gasteiger partial charge on any atom is -0.493 e. The van der Waals surface area contributed by atoms with Crippen molar-refractivity contribution in [2.45, 2.75) is 25.1 Å². The van der Waals surface area contributed by atoms with Gasteiger partial charge in [0, 0.05) is 28.9 Å². The van der Waals surface area contributed by atoms with Crippen LogP contribution in [0.5, 0.6) is 11.5 Å². The van der Waals surface area contributed by atoms with Crippen LogP contribution in [0.2, 0.25) is 0 Å². The second-order valence-electron chi connectivity index (χ2n) is 6.91. The highest BCUT2D eigenvalue weighted by Crippen LogP contribution is 2.41. The Bertz CT molecular complexity index is 883. The number of amides is 1. The molecule has 2 aromatic rings. The molecular weight excluding hydrogens is 424 g/mol. The number of benzene rings is 2. The van der Waals surface area contributed by atoms with Crippen LogP contribution < -0.4 is 14.8 Å². The number of carbonyl (C=O) groups excluding carboxylic acids is 1. The third-order valence-corrected chi connectivity index (χ3v) is 5.93.